The first-order chi connectivity index (χ1) is 12.7. The molecule has 1 aromatic carbocycles. The van der Waals surface area contributed by atoms with Gasteiger partial charge in [0.1, 0.15) is 17.4 Å². The molecule has 0 atom stereocenters. The zero-order chi connectivity index (χ0) is 17.9. The third kappa shape index (κ3) is 3.44. The van der Waals surface area contributed by atoms with E-state index < -0.39 is 0 Å². The summed E-state index contributed by atoms with van der Waals surface area (Å²) in [6, 6.07) is 9.96. The van der Waals surface area contributed by atoms with Crippen molar-refractivity contribution in [2.45, 2.75) is 25.7 Å². The summed E-state index contributed by atoms with van der Waals surface area (Å²) >= 11 is 6.16. The first kappa shape index (κ1) is 17.0. The Morgan fingerprint density at radius 3 is 2.73 bits per heavy atom. The van der Waals surface area contributed by atoms with Crippen molar-refractivity contribution in [2.75, 3.05) is 25.1 Å². The van der Waals surface area contributed by atoms with E-state index in [0.29, 0.717) is 10.8 Å². The number of hydrogen-bond donors (Lipinski definition) is 0. The Morgan fingerprint density at radius 1 is 1.08 bits per heavy atom. The van der Waals surface area contributed by atoms with Gasteiger partial charge in [0.2, 0.25) is 0 Å². The first-order valence-electron chi connectivity index (χ1n) is 8.93. The number of hydrogen-bond acceptors (Lipinski definition) is 5. The van der Waals surface area contributed by atoms with Gasteiger partial charge in [0.05, 0.1) is 23.0 Å². The van der Waals surface area contributed by atoms with Gasteiger partial charge in [-0.1, -0.05) is 17.7 Å². The molecular formula is C20H21ClN4O. The number of benzene rings is 1. The molecule has 4 rings (SSSR count). The van der Waals surface area contributed by atoms with Crippen LogP contribution in [0.15, 0.2) is 36.5 Å². The fourth-order valence-electron chi connectivity index (χ4n) is 3.39. The maximum atomic E-state index is 6.16. The number of aromatic nitrogens is 3. The summed E-state index contributed by atoms with van der Waals surface area (Å²) in [7, 11) is 1.60. The van der Waals surface area contributed by atoms with Gasteiger partial charge in [-0.25, -0.2) is 15.0 Å². The average molecular weight is 369 g/mol. The monoisotopic (exact) mass is 368 g/mol. The first-order valence-corrected chi connectivity index (χ1v) is 9.31. The van der Waals surface area contributed by atoms with Crippen molar-refractivity contribution >= 4 is 28.3 Å². The van der Waals surface area contributed by atoms with E-state index >= 15 is 0 Å². The minimum Gasteiger partial charge on any atom is -0.494 e. The summed E-state index contributed by atoms with van der Waals surface area (Å²) in [4.78, 5) is 16.3. The van der Waals surface area contributed by atoms with E-state index in [2.05, 4.69) is 33.1 Å². The maximum Gasteiger partial charge on any atom is 0.148 e. The lowest BCUT2D eigenvalue weighted by atomic mass is 10.2. The second-order valence-corrected chi connectivity index (χ2v) is 6.89. The number of rotatable bonds is 5. The highest BCUT2D eigenvalue weighted by molar-refractivity contribution is 6.33. The van der Waals surface area contributed by atoms with Crippen molar-refractivity contribution in [2.24, 2.45) is 0 Å². The van der Waals surface area contributed by atoms with Gasteiger partial charge in [0.25, 0.3) is 0 Å². The molecule has 6 heteroatoms. The number of anilines is 1. The summed E-state index contributed by atoms with van der Waals surface area (Å²) in [6.45, 7) is 2.21. The molecule has 0 saturated carbocycles. The van der Waals surface area contributed by atoms with E-state index in [9.17, 15) is 0 Å². The normalized spacial score (nSPS) is 14.2. The molecule has 0 radical (unpaired) electrons. The molecule has 0 aliphatic carbocycles. The molecule has 3 aromatic rings. The SMILES string of the molecule is COc1c(Cl)ccc2nc(CCc3cccc(N4CCCC4)n3)ncc12. The fourth-order valence-corrected chi connectivity index (χ4v) is 3.63. The van der Waals surface area contributed by atoms with Gasteiger partial charge in [0.15, 0.2) is 0 Å². The number of fused-ring (bicyclic) bond motifs is 1. The zero-order valence-electron chi connectivity index (χ0n) is 14.8. The molecule has 0 N–H and O–H groups in total. The second-order valence-electron chi connectivity index (χ2n) is 6.48. The summed E-state index contributed by atoms with van der Waals surface area (Å²) in [5.74, 6) is 2.50. The molecule has 1 aliphatic rings. The molecule has 1 saturated heterocycles. The van der Waals surface area contributed by atoms with Crippen LogP contribution in [0.25, 0.3) is 10.9 Å². The van der Waals surface area contributed by atoms with Gasteiger partial charge in [-0.15, -0.1) is 0 Å². The molecule has 5 nitrogen and oxygen atoms in total. The highest BCUT2D eigenvalue weighted by atomic mass is 35.5. The summed E-state index contributed by atoms with van der Waals surface area (Å²) in [6.07, 6.45) is 5.86. The van der Waals surface area contributed by atoms with Crippen molar-refractivity contribution in [3.63, 3.8) is 0 Å². The maximum absolute atomic E-state index is 6.16. The van der Waals surface area contributed by atoms with Gasteiger partial charge >= 0.3 is 0 Å². The minimum absolute atomic E-state index is 0.569. The van der Waals surface area contributed by atoms with E-state index in [1.165, 1.54) is 12.8 Å². The number of methoxy groups -OCH3 is 1. The van der Waals surface area contributed by atoms with Crippen LogP contribution in [0.2, 0.25) is 5.02 Å². The van der Waals surface area contributed by atoms with E-state index in [-0.39, 0.29) is 0 Å². The van der Waals surface area contributed by atoms with E-state index in [1.54, 1.807) is 19.4 Å². The Morgan fingerprint density at radius 2 is 1.92 bits per heavy atom. The molecule has 0 spiro atoms. The van der Waals surface area contributed by atoms with Crippen LogP contribution in [0.3, 0.4) is 0 Å². The van der Waals surface area contributed by atoms with Gasteiger partial charge in [-0.05, 0) is 43.5 Å². The molecule has 0 bridgehead atoms. The van der Waals surface area contributed by atoms with Gasteiger partial charge < -0.3 is 9.64 Å². The third-order valence-corrected chi connectivity index (χ3v) is 5.05. The van der Waals surface area contributed by atoms with Crippen molar-refractivity contribution in [1.82, 2.24) is 15.0 Å². The molecule has 1 fully saturated rings. The van der Waals surface area contributed by atoms with Crippen molar-refractivity contribution < 1.29 is 4.74 Å². The zero-order valence-corrected chi connectivity index (χ0v) is 15.5. The number of nitrogens with zero attached hydrogens (tertiary/aromatic N) is 4. The lowest BCUT2D eigenvalue weighted by molar-refractivity contribution is 0.420. The van der Waals surface area contributed by atoms with Crippen LogP contribution in [0.5, 0.6) is 5.75 Å². The number of ether oxygens (including phenoxy) is 1. The highest BCUT2D eigenvalue weighted by Crippen LogP contribution is 2.31. The quantitative estimate of drug-likeness (QED) is 0.679. The van der Waals surface area contributed by atoms with Crippen LogP contribution < -0.4 is 9.64 Å². The van der Waals surface area contributed by atoms with E-state index in [0.717, 1.165) is 54.2 Å². The minimum atomic E-state index is 0.569. The van der Waals surface area contributed by atoms with Crippen LogP contribution in [0.4, 0.5) is 5.82 Å². The Kier molecular flexibility index (Phi) is 4.89. The van der Waals surface area contributed by atoms with Crippen molar-refractivity contribution in [1.29, 1.82) is 0 Å². The van der Waals surface area contributed by atoms with Gasteiger partial charge in [0, 0.05) is 31.4 Å². The van der Waals surface area contributed by atoms with Crippen LogP contribution in [-0.4, -0.2) is 35.2 Å². The molecule has 3 heterocycles. The lowest BCUT2D eigenvalue weighted by Crippen LogP contribution is -2.19. The topological polar surface area (TPSA) is 51.1 Å². The Bertz CT molecular complexity index is 925. The average Bonchev–Trinajstić information content (AvgIpc) is 3.21. The number of halogens is 1. The van der Waals surface area contributed by atoms with Crippen LogP contribution in [0.1, 0.15) is 24.4 Å². The summed E-state index contributed by atoms with van der Waals surface area (Å²) < 4.78 is 5.36. The predicted octanol–water partition coefficient (Wildman–Crippen LogP) is 4.07. The standard InChI is InChI=1S/C20H21ClN4O/c1-26-20-15-13-22-18(24-17(15)9-8-16(20)21)10-7-14-5-4-6-19(23-14)25-11-2-3-12-25/h4-6,8-9,13H,2-3,7,10-12H2,1H3. The smallest absolute Gasteiger partial charge is 0.148 e. The molecule has 1 aliphatic heterocycles. The van der Waals surface area contributed by atoms with Gasteiger partial charge in [-0.2, -0.15) is 0 Å². The largest absolute Gasteiger partial charge is 0.494 e. The third-order valence-electron chi connectivity index (χ3n) is 4.75. The summed E-state index contributed by atoms with van der Waals surface area (Å²) in [5.41, 5.74) is 1.92. The number of pyridine rings is 1. The lowest BCUT2D eigenvalue weighted by Gasteiger charge is -2.16. The van der Waals surface area contributed by atoms with E-state index in [1.807, 2.05) is 6.07 Å². The second kappa shape index (κ2) is 7.46. The predicted molar refractivity (Wildman–Crippen MR) is 104 cm³/mol. The van der Waals surface area contributed by atoms with E-state index in [4.69, 9.17) is 21.3 Å². The van der Waals surface area contributed by atoms with Crippen molar-refractivity contribution in [3.05, 3.63) is 53.1 Å². The molecule has 26 heavy (non-hydrogen) atoms. The fraction of sp³-hybridized carbons (Fsp3) is 0.350. The molecular weight excluding hydrogens is 348 g/mol. The van der Waals surface area contributed by atoms with Crippen LogP contribution in [0, 0.1) is 0 Å². The Balaban J connectivity index is 1.51. The highest BCUT2D eigenvalue weighted by Gasteiger charge is 2.14. The molecule has 0 amide bonds. The van der Waals surface area contributed by atoms with Crippen LogP contribution in [-0.2, 0) is 12.8 Å². The molecule has 134 valence electrons. The molecule has 0 unspecified atom stereocenters. The Hall–Kier alpha value is -2.40. The molecule has 2 aromatic heterocycles. The van der Waals surface area contributed by atoms with Gasteiger partial charge in [-0.3, -0.25) is 0 Å². The van der Waals surface area contributed by atoms with Crippen molar-refractivity contribution in [3.8, 4) is 5.75 Å². The Labute approximate surface area is 158 Å². The van der Waals surface area contributed by atoms with Crippen LogP contribution >= 0.6 is 11.6 Å². The number of aryl methyl sites for hydroxylation is 2. The summed E-state index contributed by atoms with van der Waals surface area (Å²) in [5, 5.41) is 1.40.